The number of terminal acetylenes is 1. The second-order valence-electron chi connectivity index (χ2n) is 4.60. The smallest absolute Gasteiger partial charge is 0.257 e. The van der Waals surface area contributed by atoms with Crippen molar-refractivity contribution in [1.82, 2.24) is 0 Å². The molecule has 0 atom stereocenters. The number of benzene rings is 2. The second kappa shape index (κ2) is 6.33. The van der Waals surface area contributed by atoms with Crippen molar-refractivity contribution in [3.8, 4) is 12.3 Å². The van der Waals surface area contributed by atoms with Gasteiger partial charge in [-0.3, -0.25) is 9.52 Å². The van der Waals surface area contributed by atoms with E-state index in [1.807, 2.05) is 0 Å². The number of amides is 1. The summed E-state index contributed by atoms with van der Waals surface area (Å²) in [6.45, 7) is 0. The van der Waals surface area contributed by atoms with E-state index in [1.165, 1.54) is 12.1 Å². The summed E-state index contributed by atoms with van der Waals surface area (Å²) in [5.74, 6) is 2.05. The monoisotopic (exact) mass is 314 g/mol. The number of hydrogen-bond donors (Lipinski definition) is 2. The lowest BCUT2D eigenvalue weighted by Gasteiger charge is -2.11. The van der Waals surface area contributed by atoms with Gasteiger partial charge in [0.2, 0.25) is 10.0 Å². The van der Waals surface area contributed by atoms with Gasteiger partial charge < -0.3 is 5.32 Å². The fourth-order valence-corrected chi connectivity index (χ4v) is 2.43. The quantitative estimate of drug-likeness (QED) is 0.850. The average Bonchev–Trinajstić information content (AvgIpc) is 2.46. The zero-order valence-corrected chi connectivity index (χ0v) is 12.6. The van der Waals surface area contributed by atoms with Gasteiger partial charge in [0.1, 0.15) is 0 Å². The van der Waals surface area contributed by atoms with E-state index < -0.39 is 15.9 Å². The van der Waals surface area contributed by atoms with Crippen molar-refractivity contribution in [2.75, 3.05) is 16.3 Å². The molecule has 2 aromatic rings. The summed E-state index contributed by atoms with van der Waals surface area (Å²) < 4.78 is 25.0. The normalized spacial score (nSPS) is 10.5. The fraction of sp³-hybridized carbons (Fsp3) is 0.0625. The molecular formula is C16H14N2O3S. The van der Waals surface area contributed by atoms with Crippen LogP contribution in [-0.4, -0.2) is 20.6 Å². The highest BCUT2D eigenvalue weighted by Gasteiger charge is 2.13. The summed E-state index contributed by atoms with van der Waals surface area (Å²) >= 11 is 0. The third kappa shape index (κ3) is 4.11. The van der Waals surface area contributed by atoms with Gasteiger partial charge in [-0.2, -0.15) is 0 Å². The topological polar surface area (TPSA) is 75.3 Å². The largest absolute Gasteiger partial charge is 0.322 e. The van der Waals surface area contributed by atoms with Crippen LogP contribution in [0.1, 0.15) is 15.9 Å². The Balaban J connectivity index is 2.28. The van der Waals surface area contributed by atoms with E-state index in [0.29, 0.717) is 11.3 Å². The van der Waals surface area contributed by atoms with Gasteiger partial charge in [0.05, 0.1) is 17.5 Å². The molecule has 0 heterocycles. The van der Waals surface area contributed by atoms with Gasteiger partial charge in [0.25, 0.3) is 5.91 Å². The van der Waals surface area contributed by atoms with Crippen LogP contribution in [0.4, 0.5) is 11.4 Å². The van der Waals surface area contributed by atoms with Crippen LogP contribution in [0.2, 0.25) is 0 Å². The predicted octanol–water partition coefficient (Wildman–Crippen LogP) is 2.29. The molecule has 0 radical (unpaired) electrons. The molecule has 0 aliphatic rings. The maximum atomic E-state index is 12.3. The van der Waals surface area contributed by atoms with E-state index >= 15 is 0 Å². The van der Waals surface area contributed by atoms with E-state index in [-0.39, 0.29) is 11.3 Å². The summed E-state index contributed by atoms with van der Waals surface area (Å²) in [5.41, 5.74) is 1.62. The first-order valence-electron chi connectivity index (χ1n) is 6.34. The highest BCUT2D eigenvalue weighted by molar-refractivity contribution is 7.92. The van der Waals surface area contributed by atoms with E-state index in [2.05, 4.69) is 16.0 Å². The molecule has 0 aromatic heterocycles. The SMILES string of the molecule is C#Cc1cccc(NC(=O)c2ccccc2NS(C)(=O)=O)c1. The number of hydrogen-bond acceptors (Lipinski definition) is 3. The van der Waals surface area contributed by atoms with Gasteiger partial charge in [-0.1, -0.05) is 24.1 Å². The summed E-state index contributed by atoms with van der Waals surface area (Å²) in [5, 5.41) is 2.69. The maximum Gasteiger partial charge on any atom is 0.257 e. The average molecular weight is 314 g/mol. The van der Waals surface area contributed by atoms with Gasteiger partial charge in [-0.25, -0.2) is 8.42 Å². The van der Waals surface area contributed by atoms with E-state index in [0.717, 1.165) is 6.26 Å². The Morgan fingerprint density at radius 1 is 1.14 bits per heavy atom. The first-order valence-corrected chi connectivity index (χ1v) is 8.23. The Morgan fingerprint density at radius 2 is 1.86 bits per heavy atom. The zero-order valence-electron chi connectivity index (χ0n) is 11.8. The zero-order chi connectivity index (χ0) is 16.2. The molecule has 6 heteroatoms. The Labute approximate surface area is 129 Å². The number of para-hydroxylation sites is 1. The molecule has 0 aliphatic carbocycles. The summed E-state index contributed by atoms with van der Waals surface area (Å²) in [6.07, 6.45) is 6.34. The van der Waals surface area contributed by atoms with E-state index in [1.54, 1.807) is 36.4 Å². The minimum absolute atomic E-state index is 0.218. The van der Waals surface area contributed by atoms with Crippen molar-refractivity contribution in [2.24, 2.45) is 0 Å². The molecule has 0 saturated heterocycles. The standard InChI is InChI=1S/C16H14N2O3S/c1-3-12-7-6-8-13(11-12)17-16(19)14-9-4-5-10-15(14)18-22(2,20)21/h1,4-11,18H,2H3,(H,17,19). The van der Waals surface area contributed by atoms with Crippen LogP contribution in [-0.2, 0) is 10.0 Å². The molecule has 0 spiro atoms. The Kier molecular flexibility index (Phi) is 4.49. The van der Waals surface area contributed by atoms with Crippen LogP contribution in [0.3, 0.4) is 0 Å². The molecule has 5 nitrogen and oxygen atoms in total. The van der Waals surface area contributed by atoms with E-state index in [4.69, 9.17) is 6.42 Å². The molecule has 0 unspecified atom stereocenters. The minimum Gasteiger partial charge on any atom is -0.322 e. The van der Waals surface area contributed by atoms with Crippen LogP contribution < -0.4 is 10.0 Å². The molecule has 22 heavy (non-hydrogen) atoms. The molecule has 0 aliphatic heterocycles. The molecule has 2 N–H and O–H groups in total. The van der Waals surface area contributed by atoms with Gasteiger partial charge in [0, 0.05) is 11.3 Å². The maximum absolute atomic E-state index is 12.3. The lowest BCUT2D eigenvalue weighted by molar-refractivity contribution is 0.102. The first kappa shape index (κ1) is 15.6. The number of carbonyl (C=O) groups excluding carboxylic acids is 1. The second-order valence-corrected chi connectivity index (χ2v) is 6.35. The van der Waals surface area contributed by atoms with E-state index in [9.17, 15) is 13.2 Å². The third-order valence-corrected chi connectivity index (χ3v) is 3.34. The lowest BCUT2D eigenvalue weighted by Crippen LogP contribution is -2.17. The van der Waals surface area contributed by atoms with Crippen molar-refractivity contribution < 1.29 is 13.2 Å². The molecule has 0 saturated carbocycles. The highest BCUT2D eigenvalue weighted by atomic mass is 32.2. The Morgan fingerprint density at radius 3 is 2.55 bits per heavy atom. The number of rotatable bonds is 4. The minimum atomic E-state index is -3.47. The van der Waals surface area contributed by atoms with Gasteiger partial charge in [-0.15, -0.1) is 6.42 Å². The fourth-order valence-electron chi connectivity index (χ4n) is 1.86. The third-order valence-electron chi connectivity index (χ3n) is 2.75. The van der Waals surface area contributed by atoms with Crippen molar-refractivity contribution in [3.05, 3.63) is 59.7 Å². The number of sulfonamides is 1. The van der Waals surface area contributed by atoms with Crippen LogP contribution in [0.5, 0.6) is 0 Å². The molecule has 1 amide bonds. The molecule has 0 fully saturated rings. The van der Waals surface area contributed by atoms with Crippen molar-refractivity contribution in [2.45, 2.75) is 0 Å². The molecule has 0 bridgehead atoms. The number of nitrogens with one attached hydrogen (secondary N) is 2. The lowest BCUT2D eigenvalue weighted by atomic mass is 10.1. The van der Waals surface area contributed by atoms with Gasteiger partial charge in [0.15, 0.2) is 0 Å². The molecule has 2 rings (SSSR count). The van der Waals surface area contributed by atoms with Gasteiger partial charge >= 0.3 is 0 Å². The molecule has 2 aromatic carbocycles. The van der Waals surface area contributed by atoms with Crippen LogP contribution in [0.25, 0.3) is 0 Å². The van der Waals surface area contributed by atoms with Crippen molar-refractivity contribution in [1.29, 1.82) is 0 Å². The molecular weight excluding hydrogens is 300 g/mol. The summed E-state index contributed by atoms with van der Waals surface area (Å²) in [4.78, 5) is 12.3. The van der Waals surface area contributed by atoms with Crippen LogP contribution in [0.15, 0.2) is 48.5 Å². The summed E-state index contributed by atoms with van der Waals surface area (Å²) in [6, 6.07) is 13.2. The summed E-state index contributed by atoms with van der Waals surface area (Å²) in [7, 11) is -3.47. The number of anilines is 2. The highest BCUT2D eigenvalue weighted by Crippen LogP contribution is 2.18. The van der Waals surface area contributed by atoms with Crippen molar-refractivity contribution >= 4 is 27.3 Å². The number of carbonyl (C=O) groups is 1. The Hall–Kier alpha value is -2.78. The van der Waals surface area contributed by atoms with Crippen molar-refractivity contribution in [3.63, 3.8) is 0 Å². The molecule has 112 valence electrons. The Bertz CT molecular complexity index is 852. The van der Waals surface area contributed by atoms with Gasteiger partial charge in [-0.05, 0) is 30.3 Å². The first-order chi connectivity index (χ1) is 10.4. The van der Waals surface area contributed by atoms with Crippen LogP contribution >= 0.6 is 0 Å². The predicted molar refractivity (Wildman–Crippen MR) is 87.2 cm³/mol. The van der Waals surface area contributed by atoms with Crippen LogP contribution in [0, 0.1) is 12.3 Å².